The third-order valence-electron chi connectivity index (χ3n) is 4.28. The van der Waals surface area contributed by atoms with Crippen LogP contribution in [0.3, 0.4) is 0 Å². The quantitative estimate of drug-likeness (QED) is 0.833. The molecule has 1 aromatic rings. The Bertz CT molecular complexity index is 493. The van der Waals surface area contributed by atoms with Gasteiger partial charge in [-0.1, -0.05) is 18.2 Å². The van der Waals surface area contributed by atoms with E-state index < -0.39 is 0 Å². The fraction of sp³-hybridized carbons (Fsp3) is 0.588. The Morgan fingerprint density at radius 2 is 2.18 bits per heavy atom. The summed E-state index contributed by atoms with van der Waals surface area (Å²) in [7, 11) is 0. The summed E-state index contributed by atoms with van der Waals surface area (Å²) in [5.41, 5.74) is 0. The Labute approximate surface area is 131 Å². The van der Waals surface area contributed by atoms with E-state index >= 15 is 0 Å². The molecule has 0 aliphatic carbocycles. The van der Waals surface area contributed by atoms with Gasteiger partial charge in [0.15, 0.2) is 6.61 Å². The van der Waals surface area contributed by atoms with Gasteiger partial charge in [0.05, 0.1) is 12.6 Å². The zero-order valence-corrected chi connectivity index (χ0v) is 12.9. The number of nitrogens with zero attached hydrogens (tertiary/aromatic N) is 1. The second-order valence-electron chi connectivity index (χ2n) is 5.69. The molecule has 2 aliphatic rings. The second kappa shape index (κ2) is 7.11. The molecular weight excluding hydrogens is 282 g/mol. The van der Waals surface area contributed by atoms with Gasteiger partial charge < -0.3 is 19.1 Å². The van der Waals surface area contributed by atoms with Crippen LogP contribution >= 0.6 is 0 Å². The third-order valence-corrected chi connectivity index (χ3v) is 4.28. The standard InChI is InChI=1S/C17H23NO4/c1-2-20-15-11-18(14-9-6-10-21-17(14)15)16(19)12-22-13-7-4-3-5-8-13/h3-5,7-8,14-15,17H,2,6,9-12H2,1H3/t14-,15+,17+/m0/s1. The Morgan fingerprint density at radius 3 is 2.95 bits per heavy atom. The van der Waals surface area contributed by atoms with Crippen LogP contribution in [0.1, 0.15) is 19.8 Å². The molecule has 5 heteroatoms. The van der Waals surface area contributed by atoms with E-state index in [2.05, 4.69) is 0 Å². The summed E-state index contributed by atoms with van der Waals surface area (Å²) >= 11 is 0. The van der Waals surface area contributed by atoms with Crippen LogP contribution in [0.15, 0.2) is 30.3 Å². The first kappa shape index (κ1) is 15.3. The lowest BCUT2D eigenvalue weighted by Gasteiger charge is -2.32. The molecule has 5 nitrogen and oxygen atoms in total. The lowest BCUT2D eigenvalue weighted by molar-refractivity contribution is -0.136. The van der Waals surface area contributed by atoms with Crippen molar-refractivity contribution in [2.45, 2.75) is 38.0 Å². The summed E-state index contributed by atoms with van der Waals surface area (Å²) in [5, 5.41) is 0. The maximum absolute atomic E-state index is 12.5. The van der Waals surface area contributed by atoms with Crippen LogP contribution in [0.4, 0.5) is 0 Å². The monoisotopic (exact) mass is 305 g/mol. The van der Waals surface area contributed by atoms with E-state index in [4.69, 9.17) is 14.2 Å². The van der Waals surface area contributed by atoms with Gasteiger partial charge in [-0.2, -0.15) is 0 Å². The molecule has 3 rings (SSSR count). The average Bonchev–Trinajstić information content (AvgIpc) is 2.93. The van der Waals surface area contributed by atoms with Crippen molar-refractivity contribution in [1.82, 2.24) is 4.90 Å². The van der Waals surface area contributed by atoms with Gasteiger partial charge in [-0.15, -0.1) is 0 Å². The highest BCUT2D eigenvalue weighted by Gasteiger charge is 2.46. The van der Waals surface area contributed by atoms with E-state index in [1.54, 1.807) is 0 Å². The summed E-state index contributed by atoms with van der Waals surface area (Å²) in [5.74, 6) is 0.722. The molecule has 3 atom stereocenters. The number of hydrogen-bond donors (Lipinski definition) is 0. The molecule has 0 radical (unpaired) electrons. The molecule has 2 heterocycles. The number of para-hydroxylation sites is 1. The van der Waals surface area contributed by atoms with Crippen LogP contribution in [0.5, 0.6) is 5.75 Å². The molecule has 0 aromatic heterocycles. The van der Waals surface area contributed by atoms with Crippen molar-refractivity contribution in [1.29, 1.82) is 0 Å². The molecule has 0 saturated carbocycles. The average molecular weight is 305 g/mol. The topological polar surface area (TPSA) is 48.0 Å². The molecule has 22 heavy (non-hydrogen) atoms. The van der Waals surface area contributed by atoms with Gasteiger partial charge in [0.1, 0.15) is 18.0 Å². The number of carbonyl (C=O) groups excluding carboxylic acids is 1. The molecule has 120 valence electrons. The largest absolute Gasteiger partial charge is 0.484 e. The zero-order chi connectivity index (χ0) is 15.4. The predicted molar refractivity (Wildman–Crippen MR) is 81.8 cm³/mol. The number of likely N-dealkylation sites (tertiary alicyclic amines) is 1. The molecule has 0 spiro atoms. The van der Waals surface area contributed by atoms with Gasteiger partial charge in [0.25, 0.3) is 5.91 Å². The maximum Gasteiger partial charge on any atom is 0.260 e. The highest BCUT2D eigenvalue weighted by Crippen LogP contribution is 2.30. The Morgan fingerprint density at radius 1 is 1.36 bits per heavy atom. The molecule has 0 unspecified atom stereocenters. The van der Waals surface area contributed by atoms with E-state index in [-0.39, 0.29) is 30.8 Å². The van der Waals surface area contributed by atoms with E-state index in [1.165, 1.54) is 0 Å². The summed E-state index contributed by atoms with van der Waals surface area (Å²) in [4.78, 5) is 14.4. The second-order valence-corrected chi connectivity index (χ2v) is 5.69. The Balaban J connectivity index is 1.61. The van der Waals surface area contributed by atoms with Crippen molar-refractivity contribution < 1.29 is 19.0 Å². The summed E-state index contributed by atoms with van der Waals surface area (Å²) in [6.07, 6.45) is 1.96. The molecule has 1 aromatic carbocycles. The fourth-order valence-corrected chi connectivity index (χ4v) is 3.30. The highest BCUT2D eigenvalue weighted by molar-refractivity contribution is 5.78. The minimum atomic E-state index is -0.0176. The smallest absolute Gasteiger partial charge is 0.260 e. The van der Waals surface area contributed by atoms with Crippen molar-refractivity contribution in [3.63, 3.8) is 0 Å². The fourth-order valence-electron chi connectivity index (χ4n) is 3.30. The molecular formula is C17H23NO4. The van der Waals surface area contributed by atoms with Crippen LogP contribution < -0.4 is 4.74 Å². The number of rotatable bonds is 5. The third kappa shape index (κ3) is 3.25. The number of fused-ring (bicyclic) bond motifs is 1. The molecule has 0 bridgehead atoms. The predicted octanol–water partition coefficient (Wildman–Crippen LogP) is 1.86. The molecule has 2 fully saturated rings. The molecule has 2 aliphatic heterocycles. The molecule has 2 saturated heterocycles. The van der Waals surface area contributed by atoms with Crippen molar-refractivity contribution in [3.8, 4) is 5.75 Å². The van der Waals surface area contributed by atoms with Gasteiger partial charge in [0, 0.05) is 13.2 Å². The van der Waals surface area contributed by atoms with Crippen LogP contribution in [0.25, 0.3) is 0 Å². The van der Waals surface area contributed by atoms with Crippen molar-refractivity contribution in [2.24, 2.45) is 0 Å². The van der Waals surface area contributed by atoms with Crippen LogP contribution in [0, 0.1) is 0 Å². The summed E-state index contributed by atoms with van der Waals surface area (Å²) in [6.45, 7) is 4.03. The van der Waals surface area contributed by atoms with Gasteiger partial charge in [-0.3, -0.25) is 4.79 Å². The highest BCUT2D eigenvalue weighted by atomic mass is 16.5. The zero-order valence-electron chi connectivity index (χ0n) is 12.9. The summed E-state index contributed by atoms with van der Waals surface area (Å²) < 4.78 is 17.2. The Hall–Kier alpha value is -1.59. The van der Waals surface area contributed by atoms with Gasteiger partial charge in [-0.25, -0.2) is 0 Å². The molecule has 1 amide bonds. The first-order valence-corrected chi connectivity index (χ1v) is 8.00. The first-order valence-electron chi connectivity index (χ1n) is 8.00. The Kier molecular flexibility index (Phi) is 4.95. The lowest BCUT2D eigenvalue weighted by atomic mass is 10.0. The number of ether oxygens (including phenoxy) is 3. The SMILES string of the molecule is CCO[C@@H]1CN(C(=O)COc2ccccc2)[C@H]2CCCO[C@@H]12. The van der Waals surface area contributed by atoms with Gasteiger partial charge in [0.2, 0.25) is 0 Å². The number of hydrogen-bond acceptors (Lipinski definition) is 4. The minimum absolute atomic E-state index is 0.00607. The lowest BCUT2D eigenvalue weighted by Crippen LogP contribution is -2.45. The first-order chi connectivity index (χ1) is 10.8. The summed E-state index contributed by atoms with van der Waals surface area (Å²) in [6, 6.07) is 9.54. The van der Waals surface area contributed by atoms with Crippen molar-refractivity contribution >= 4 is 5.91 Å². The van der Waals surface area contributed by atoms with Crippen molar-refractivity contribution in [3.05, 3.63) is 30.3 Å². The number of amides is 1. The normalized spacial score (nSPS) is 27.5. The maximum atomic E-state index is 12.5. The molecule has 0 N–H and O–H groups in total. The number of carbonyl (C=O) groups is 1. The van der Waals surface area contributed by atoms with Gasteiger partial charge in [-0.05, 0) is 31.9 Å². The van der Waals surface area contributed by atoms with E-state index in [0.717, 1.165) is 19.4 Å². The van der Waals surface area contributed by atoms with E-state index in [0.29, 0.717) is 18.9 Å². The van der Waals surface area contributed by atoms with Crippen molar-refractivity contribution in [2.75, 3.05) is 26.4 Å². The van der Waals surface area contributed by atoms with Crippen LogP contribution in [0.2, 0.25) is 0 Å². The van der Waals surface area contributed by atoms with Gasteiger partial charge >= 0.3 is 0 Å². The van der Waals surface area contributed by atoms with Crippen LogP contribution in [-0.4, -0.2) is 55.4 Å². The van der Waals surface area contributed by atoms with E-state index in [9.17, 15) is 4.79 Å². The minimum Gasteiger partial charge on any atom is -0.484 e. The van der Waals surface area contributed by atoms with E-state index in [1.807, 2.05) is 42.2 Å². The number of benzene rings is 1. The van der Waals surface area contributed by atoms with Crippen LogP contribution in [-0.2, 0) is 14.3 Å².